The van der Waals surface area contributed by atoms with E-state index < -0.39 is 6.10 Å². The number of hydrogen-bond donors (Lipinski definition) is 0. The van der Waals surface area contributed by atoms with E-state index in [0.717, 1.165) is 75.5 Å². The largest absolute Gasteiger partial charge is 0.462 e. The molecule has 0 amide bonds. The van der Waals surface area contributed by atoms with Crippen molar-refractivity contribution < 1.29 is 28.6 Å². The van der Waals surface area contributed by atoms with E-state index in [-0.39, 0.29) is 31.1 Å². The minimum Gasteiger partial charge on any atom is -0.462 e. The van der Waals surface area contributed by atoms with Crippen LogP contribution in [0.2, 0.25) is 0 Å². The van der Waals surface area contributed by atoms with E-state index in [9.17, 15) is 14.4 Å². The molecule has 56 heavy (non-hydrogen) atoms. The minimum atomic E-state index is -0.762. The Kier molecular flexibility index (Phi) is 40.4. The molecular weight excluding hydrogens is 697 g/mol. The van der Waals surface area contributed by atoms with Gasteiger partial charge in [-0.2, -0.15) is 0 Å². The molecule has 0 aliphatic rings. The number of carbonyl (C=O) groups excluding carboxylic acids is 3. The lowest BCUT2D eigenvalue weighted by molar-refractivity contribution is -0.167. The Bertz CT molecular complexity index is 870. The van der Waals surface area contributed by atoms with Crippen LogP contribution < -0.4 is 0 Å². The molecule has 2 atom stereocenters. The average Bonchev–Trinajstić information content (AvgIpc) is 3.16. The summed E-state index contributed by atoms with van der Waals surface area (Å²) in [7, 11) is 0. The van der Waals surface area contributed by atoms with E-state index in [4.69, 9.17) is 14.2 Å². The first-order valence-corrected chi connectivity index (χ1v) is 24.6. The van der Waals surface area contributed by atoms with Crippen LogP contribution in [0.25, 0.3) is 0 Å². The Labute approximate surface area is 348 Å². The molecule has 0 rings (SSSR count). The summed E-state index contributed by atoms with van der Waals surface area (Å²) in [5, 5.41) is 0. The molecule has 0 bridgehead atoms. The average molecular weight is 793 g/mol. The predicted octanol–water partition coefficient (Wildman–Crippen LogP) is 15.6. The lowest BCUT2D eigenvalue weighted by Crippen LogP contribution is -2.30. The van der Waals surface area contributed by atoms with E-state index in [1.165, 1.54) is 148 Å². The van der Waals surface area contributed by atoms with Crippen LogP contribution in [-0.4, -0.2) is 37.2 Å². The van der Waals surface area contributed by atoms with E-state index in [2.05, 4.69) is 41.5 Å². The maximum atomic E-state index is 12.7. The molecular formula is C50H96O6. The highest BCUT2D eigenvalue weighted by Gasteiger charge is 2.19. The Morgan fingerprint density at radius 3 is 0.929 bits per heavy atom. The minimum absolute atomic E-state index is 0.0662. The lowest BCUT2D eigenvalue weighted by atomic mass is 9.99. The third-order valence-electron chi connectivity index (χ3n) is 11.5. The summed E-state index contributed by atoms with van der Waals surface area (Å²) < 4.78 is 16.7. The van der Waals surface area contributed by atoms with E-state index in [0.29, 0.717) is 19.3 Å². The fraction of sp³-hybridized carbons (Fsp3) is 0.940. The Hall–Kier alpha value is -1.59. The van der Waals surface area contributed by atoms with Crippen molar-refractivity contribution in [3.63, 3.8) is 0 Å². The molecule has 0 saturated carbocycles. The summed E-state index contributed by atoms with van der Waals surface area (Å²) in [6.07, 6.45) is 39.6. The highest BCUT2D eigenvalue weighted by atomic mass is 16.6. The summed E-state index contributed by atoms with van der Waals surface area (Å²) in [5.74, 6) is 1.59. The van der Waals surface area contributed by atoms with Crippen molar-refractivity contribution in [3.8, 4) is 0 Å². The highest BCUT2D eigenvalue weighted by Crippen LogP contribution is 2.18. The number of carbonyl (C=O) groups is 3. The molecule has 0 aliphatic heterocycles. The molecule has 0 spiro atoms. The van der Waals surface area contributed by atoms with Crippen LogP contribution in [0.5, 0.6) is 0 Å². The Balaban J connectivity index is 4.24. The number of esters is 3. The zero-order valence-corrected chi connectivity index (χ0v) is 38.4. The third kappa shape index (κ3) is 42.0. The van der Waals surface area contributed by atoms with Crippen LogP contribution >= 0.6 is 0 Å². The van der Waals surface area contributed by atoms with Crippen molar-refractivity contribution in [1.82, 2.24) is 0 Å². The van der Waals surface area contributed by atoms with Crippen molar-refractivity contribution in [2.75, 3.05) is 13.2 Å². The molecule has 0 radical (unpaired) electrons. The van der Waals surface area contributed by atoms with Crippen molar-refractivity contribution in [1.29, 1.82) is 0 Å². The molecule has 6 heteroatoms. The first-order valence-electron chi connectivity index (χ1n) is 24.6. The summed E-state index contributed by atoms with van der Waals surface area (Å²) in [4.78, 5) is 37.8. The Morgan fingerprint density at radius 1 is 0.357 bits per heavy atom. The smallest absolute Gasteiger partial charge is 0.306 e. The van der Waals surface area contributed by atoms with E-state index >= 15 is 0 Å². The molecule has 6 nitrogen and oxygen atoms in total. The molecule has 0 saturated heterocycles. The van der Waals surface area contributed by atoms with Crippen LogP contribution in [0.4, 0.5) is 0 Å². The second-order valence-corrected chi connectivity index (χ2v) is 18.3. The third-order valence-corrected chi connectivity index (χ3v) is 11.5. The Morgan fingerprint density at radius 2 is 0.625 bits per heavy atom. The molecule has 0 N–H and O–H groups in total. The highest BCUT2D eigenvalue weighted by molar-refractivity contribution is 5.71. The topological polar surface area (TPSA) is 78.9 Å². The molecule has 0 aromatic heterocycles. The normalized spacial score (nSPS) is 12.6. The SMILES string of the molecule is CCC(C)CCCCCCCCCCCCCCCCC(=O)OC[C@H](COC(=O)CCCCCCCCC(C)C)OC(=O)CCCCCCCCCCC(C)C. The quantitative estimate of drug-likeness (QED) is 0.0348. The zero-order chi connectivity index (χ0) is 41.3. The van der Waals surface area contributed by atoms with Crippen LogP contribution in [-0.2, 0) is 28.6 Å². The maximum Gasteiger partial charge on any atom is 0.306 e. The number of ether oxygens (including phenoxy) is 3. The van der Waals surface area contributed by atoms with Gasteiger partial charge in [0.2, 0.25) is 0 Å². The van der Waals surface area contributed by atoms with Gasteiger partial charge in [-0.3, -0.25) is 14.4 Å². The van der Waals surface area contributed by atoms with Gasteiger partial charge in [-0.05, 0) is 37.0 Å². The van der Waals surface area contributed by atoms with Crippen LogP contribution in [0.3, 0.4) is 0 Å². The van der Waals surface area contributed by atoms with Crippen molar-refractivity contribution in [2.24, 2.45) is 17.8 Å². The molecule has 0 heterocycles. The molecule has 0 aliphatic carbocycles. The van der Waals surface area contributed by atoms with Crippen LogP contribution in [0.1, 0.15) is 266 Å². The van der Waals surface area contributed by atoms with E-state index in [1.807, 2.05) is 0 Å². The van der Waals surface area contributed by atoms with Crippen molar-refractivity contribution in [3.05, 3.63) is 0 Å². The summed E-state index contributed by atoms with van der Waals surface area (Å²) in [6.45, 7) is 13.6. The van der Waals surface area contributed by atoms with Gasteiger partial charge in [-0.25, -0.2) is 0 Å². The summed E-state index contributed by atoms with van der Waals surface area (Å²) in [6, 6.07) is 0. The van der Waals surface area contributed by atoms with Gasteiger partial charge in [0.15, 0.2) is 6.10 Å². The first kappa shape index (κ1) is 54.4. The maximum absolute atomic E-state index is 12.7. The van der Waals surface area contributed by atoms with Crippen molar-refractivity contribution in [2.45, 2.75) is 272 Å². The van der Waals surface area contributed by atoms with Gasteiger partial charge < -0.3 is 14.2 Å². The monoisotopic (exact) mass is 793 g/mol. The van der Waals surface area contributed by atoms with Gasteiger partial charge in [-0.1, -0.05) is 228 Å². The predicted molar refractivity (Wildman–Crippen MR) is 238 cm³/mol. The van der Waals surface area contributed by atoms with Gasteiger partial charge in [0, 0.05) is 19.3 Å². The summed E-state index contributed by atoms with van der Waals surface area (Å²) >= 11 is 0. The lowest BCUT2D eigenvalue weighted by Gasteiger charge is -2.18. The van der Waals surface area contributed by atoms with Gasteiger partial charge in [-0.15, -0.1) is 0 Å². The number of unbranched alkanes of at least 4 members (excludes halogenated alkanes) is 25. The van der Waals surface area contributed by atoms with Gasteiger partial charge >= 0.3 is 17.9 Å². The molecule has 0 aromatic rings. The van der Waals surface area contributed by atoms with Gasteiger partial charge in [0.1, 0.15) is 13.2 Å². The molecule has 0 fully saturated rings. The zero-order valence-electron chi connectivity index (χ0n) is 38.4. The standard InChI is InChI=1S/C50H96O6/c1-7-46(6)38-32-26-19-14-12-10-8-9-11-13-15-20-27-33-39-48(51)54-42-47(43-55-49(52)40-34-28-23-22-25-31-37-45(4)5)56-50(53)41-35-29-21-17-16-18-24-30-36-44(2)3/h44-47H,7-43H2,1-6H3/t46?,47-/m1/s1. The second-order valence-electron chi connectivity index (χ2n) is 18.3. The fourth-order valence-electron chi connectivity index (χ4n) is 7.38. The second kappa shape index (κ2) is 41.6. The molecule has 332 valence electrons. The van der Waals surface area contributed by atoms with E-state index in [1.54, 1.807) is 0 Å². The van der Waals surface area contributed by atoms with Crippen LogP contribution in [0, 0.1) is 17.8 Å². The molecule has 0 aromatic carbocycles. The van der Waals surface area contributed by atoms with Crippen molar-refractivity contribution >= 4 is 17.9 Å². The van der Waals surface area contributed by atoms with Gasteiger partial charge in [0.25, 0.3) is 0 Å². The fourth-order valence-corrected chi connectivity index (χ4v) is 7.38. The number of rotatable bonds is 43. The number of hydrogen-bond acceptors (Lipinski definition) is 6. The molecule has 1 unspecified atom stereocenters. The van der Waals surface area contributed by atoms with Crippen LogP contribution in [0.15, 0.2) is 0 Å². The van der Waals surface area contributed by atoms with Gasteiger partial charge in [0.05, 0.1) is 0 Å². The summed E-state index contributed by atoms with van der Waals surface area (Å²) in [5.41, 5.74) is 0. The first-order chi connectivity index (χ1) is 27.1.